The number of rotatable bonds is 3. The van der Waals surface area contributed by atoms with Crippen LogP contribution in [0.15, 0.2) is 42.5 Å². The molecule has 2 aliphatic rings. The largest absolute Gasteiger partial charge is 0.493 e. The second kappa shape index (κ2) is 7.09. The van der Waals surface area contributed by atoms with Crippen molar-refractivity contribution in [3.63, 3.8) is 0 Å². The summed E-state index contributed by atoms with van der Waals surface area (Å²) < 4.78 is 5.82. The molecular formula is C22H28N2O. The van der Waals surface area contributed by atoms with E-state index in [1.165, 1.54) is 22.4 Å². The van der Waals surface area contributed by atoms with Crippen molar-refractivity contribution in [2.24, 2.45) is 0 Å². The summed E-state index contributed by atoms with van der Waals surface area (Å²) in [6, 6.07) is 15.2. The second-order valence-corrected chi connectivity index (χ2v) is 7.38. The van der Waals surface area contributed by atoms with E-state index in [9.17, 15) is 0 Å². The molecule has 2 heterocycles. The lowest BCUT2D eigenvalue weighted by molar-refractivity contribution is 0.204. The van der Waals surface area contributed by atoms with Gasteiger partial charge in [0.05, 0.1) is 6.61 Å². The normalized spacial score (nSPS) is 20.9. The van der Waals surface area contributed by atoms with Gasteiger partial charge in [-0.2, -0.15) is 0 Å². The molecule has 2 aromatic rings. The molecule has 3 nitrogen and oxygen atoms in total. The zero-order valence-electron chi connectivity index (χ0n) is 15.4. The van der Waals surface area contributed by atoms with E-state index in [2.05, 4.69) is 66.1 Å². The molecule has 0 N–H and O–H groups in total. The van der Waals surface area contributed by atoms with Crippen molar-refractivity contribution >= 4 is 5.69 Å². The van der Waals surface area contributed by atoms with Gasteiger partial charge in [0, 0.05) is 44.3 Å². The van der Waals surface area contributed by atoms with Crippen molar-refractivity contribution in [1.29, 1.82) is 0 Å². The first-order valence-electron chi connectivity index (χ1n) is 9.47. The monoisotopic (exact) mass is 336 g/mol. The zero-order chi connectivity index (χ0) is 17.2. The number of hydrogen-bond donors (Lipinski definition) is 0. The van der Waals surface area contributed by atoms with Crippen LogP contribution in [0.4, 0.5) is 5.69 Å². The van der Waals surface area contributed by atoms with E-state index >= 15 is 0 Å². The third-order valence-corrected chi connectivity index (χ3v) is 5.85. The summed E-state index contributed by atoms with van der Waals surface area (Å²) in [5, 5.41) is 0. The number of piperazine rings is 1. The SMILES string of the molecule is Cc1cccc(N2CCN(CC3CCOc4ccccc43)CC2)c1C. The van der Waals surface area contributed by atoms with Gasteiger partial charge in [-0.3, -0.25) is 4.90 Å². The molecule has 0 bridgehead atoms. The molecule has 1 fully saturated rings. The minimum Gasteiger partial charge on any atom is -0.493 e. The first-order valence-corrected chi connectivity index (χ1v) is 9.47. The quantitative estimate of drug-likeness (QED) is 0.843. The lowest BCUT2D eigenvalue weighted by Gasteiger charge is -2.39. The van der Waals surface area contributed by atoms with Crippen molar-refractivity contribution in [2.75, 3.05) is 44.2 Å². The molecule has 3 heteroatoms. The third kappa shape index (κ3) is 3.38. The highest BCUT2D eigenvalue weighted by Gasteiger charge is 2.25. The van der Waals surface area contributed by atoms with E-state index < -0.39 is 0 Å². The Hall–Kier alpha value is -2.00. The second-order valence-electron chi connectivity index (χ2n) is 7.38. The Kier molecular flexibility index (Phi) is 4.67. The number of aryl methyl sites for hydroxylation is 1. The maximum absolute atomic E-state index is 5.82. The smallest absolute Gasteiger partial charge is 0.122 e. The molecule has 1 atom stereocenters. The third-order valence-electron chi connectivity index (χ3n) is 5.85. The van der Waals surface area contributed by atoms with Crippen molar-refractivity contribution in [2.45, 2.75) is 26.2 Å². The maximum atomic E-state index is 5.82. The van der Waals surface area contributed by atoms with Crippen LogP contribution in [-0.2, 0) is 0 Å². The number of benzene rings is 2. The van der Waals surface area contributed by atoms with Gasteiger partial charge in [-0.1, -0.05) is 30.3 Å². The Morgan fingerprint density at radius 3 is 2.60 bits per heavy atom. The van der Waals surface area contributed by atoms with Crippen LogP contribution in [0.1, 0.15) is 29.0 Å². The lowest BCUT2D eigenvalue weighted by Crippen LogP contribution is -2.48. The van der Waals surface area contributed by atoms with Gasteiger partial charge < -0.3 is 9.64 Å². The van der Waals surface area contributed by atoms with Gasteiger partial charge in [0.2, 0.25) is 0 Å². The summed E-state index contributed by atoms with van der Waals surface area (Å²) in [6.45, 7) is 11.0. The number of para-hydroxylation sites is 1. The molecule has 2 aromatic carbocycles. The van der Waals surface area contributed by atoms with Gasteiger partial charge in [-0.15, -0.1) is 0 Å². The highest BCUT2D eigenvalue weighted by atomic mass is 16.5. The van der Waals surface area contributed by atoms with Gasteiger partial charge in [0.15, 0.2) is 0 Å². The molecule has 0 spiro atoms. The average Bonchev–Trinajstić information content (AvgIpc) is 2.65. The van der Waals surface area contributed by atoms with E-state index in [0.717, 1.165) is 51.5 Å². The maximum Gasteiger partial charge on any atom is 0.122 e. The summed E-state index contributed by atoms with van der Waals surface area (Å²) in [7, 11) is 0. The number of hydrogen-bond acceptors (Lipinski definition) is 3. The summed E-state index contributed by atoms with van der Waals surface area (Å²) in [6.07, 6.45) is 1.13. The molecule has 4 rings (SSSR count). The Balaban J connectivity index is 1.39. The first-order chi connectivity index (χ1) is 12.2. The number of nitrogens with zero attached hydrogens (tertiary/aromatic N) is 2. The Morgan fingerprint density at radius 2 is 1.76 bits per heavy atom. The van der Waals surface area contributed by atoms with Crippen molar-refractivity contribution in [3.8, 4) is 5.75 Å². The first kappa shape index (κ1) is 16.5. The topological polar surface area (TPSA) is 15.7 Å². The molecule has 0 amide bonds. The van der Waals surface area contributed by atoms with E-state index in [0.29, 0.717) is 5.92 Å². The number of ether oxygens (including phenoxy) is 1. The Bertz CT molecular complexity index is 735. The lowest BCUT2D eigenvalue weighted by atomic mass is 9.92. The molecule has 25 heavy (non-hydrogen) atoms. The van der Waals surface area contributed by atoms with Gasteiger partial charge in [0.25, 0.3) is 0 Å². The molecule has 2 aliphatic heterocycles. The standard InChI is InChI=1S/C22H28N2O/c1-17-6-5-8-21(18(17)2)24-13-11-23(12-14-24)16-19-10-15-25-22-9-4-3-7-20(19)22/h3-9,19H,10-16H2,1-2H3. The van der Waals surface area contributed by atoms with Crippen LogP contribution < -0.4 is 9.64 Å². The van der Waals surface area contributed by atoms with Crippen LogP contribution in [0.2, 0.25) is 0 Å². The molecule has 0 radical (unpaired) electrons. The number of anilines is 1. The average molecular weight is 336 g/mol. The van der Waals surface area contributed by atoms with Crippen LogP contribution in [0.5, 0.6) is 5.75 Å². The van der Waals surface area contributed by atoms with E-state index in [-0.39, 0.29) is 0 Å². The molecule has 1 saturated heterocycles. The Labute approximate surface area is 151 Å². The van der Waals surface area contributed by atoms with Gasteiger partial charge in [-0.05, 0) is 49.1 Å². The Morgan fingerprint density at radius 1 is 0.960 bits per heavy atom. The summed E-state index contributed by atoms with van der Waals surface area (Å²) in [5.74, 6) is 1.70. The van der Waals surface area contributed by atoms with Crippen LogP contribution in [0, 0.1) is 13.8 Å². The van der Waals surface area contributed by atoms with Gasteiger partial charge >= 0.3 is 0 Å². The highest BCUT2D eigenvalue weighted by Crippen LogP contribution is 2.34. The highest BCUT2D eigenvalue weighted by molar-refractivity contribution is 5.56. The van der Waals surface area contributed by atoms with Crippen LogP contribution in [0.3, 0.4) is 0 Å². The van der Waals surface area contributed by atoms with Gasteiger partial charge in [-0.25, -0.2) is 0 Å². The minimum atomic E-state index is 0.609. The van der Waals surface area contributed by atoms with Crippen molar-refractivity contribution in [1.82, 2.24) is 4.90 Å². The minimum absolute atomic E-state index is 0.609. The molecule has 132 valence electrons. The number of fused-ring (bicyclic) bond motifs is 1. The van der Waals surface area contributed by atoms with Crippen LogP contribution in [-0.4, -0.2) is 44.2 Å². The summed E-state index contributed by atoms with van der Waals surface area (Å²) >= 11 is 0. The fourth-order valence-electron chi connectivity index (χ4n) is 4.17. The van der Waals surface area contributed by atoms with Gasteiger partial charge in [0.1, 0.15) is 5.75 Å². The molecular weight excluding hydrogens is 308 g/mol. The fourth-order valence-corrected chi connectivity index (χ4v) is 4.17. The van der Waals surface area contributed by atoms with Crippen LogP contribution in [0.25, 0.3) is 0 Å². The summed E-state index contributed by atoms with van der Waals surface area (Å²) in [4.78, 5) is 5.19. The van der Waals surface area contributed by atoms with Crippen LogP contribution >= 0.6 is 0 Å². The molecule has 0 saturated carbocycles. The van der Waals surface area contributed by atoms with Crippen molar-refractivity contribution < 1.29 is 4.74 Å². The molecule has 0 aliphatic carbocycles. The van der Waals surface area contributed by atoms with Crippen molar-refractivity contribution in [3.05, 3.63) is 59.2 Å². The molecule has 0 aromatic heterocycles. The summed E-state index contributed by atoms with van der Waals surface area (Å²) in [5.41, 5.74) is 5.62. The fraction of sp³-hybridized carbons (Fsp3) is 0.455. The predicted molar refractivity (Wildman–Crippen MR) is 104 cm³/mol. The predicted octanol–water partition coefficient (Wildman–Crippen LogP) is 3.99. The molecule has 1 unspecified atom stereocenters. The van der Waals surface area contributed by atoms with E-state index in [1.807, 2.05) is 0 Å². The van der Waals surface area contributed by atoms with E-state index in [1.54, 1.807) is 0 Å². The van der Waals surface area contributed by atoms with E-state index in [4.69, 9.17) is 4.74 Å². The zero-order valence-corrected chi connectivity index (χ0v) is 15.4.